The van der Waals surface area contributed by atoms with Crippen molar-refractivity contribution in [3.05, 3.63) is 64.7 Å². The molecule has 85 valence electrons. The molecule has 17 heavy (non-hydrogen) atoms. The molecular formula is C16H15O. The molecule has 0 amide bonds. The quantitative estimate of drug-likeness (QED) is 0.783. The highest BCUT2D eigenvalue weighted by atomic mass is 16.3. The van der Waals surface area contributed by atoms with Crippen molar-refractivity contribution in [2.75, 3.05) is 0 Å². The van der Waals surface area contributed by atoms with Crippen LogP contribution in [0.4, 0.5) is 0 Å². The van der Waals surface area contributed by atoms with Crippen molar-refractivity contribution in [3.63, 3.8) is 0 Å². The predicted octanol–water partition coefficient (Wildman–Crippen LogP) is 3.58. The van der Waals surface area contributed by atoms with Crippen molar-refractivity contribution in [2.45, 2.75) is 25.7 Å². The fourth-order valence-corrected chi connectivity index (χ4v) is 2.86. The lowest BCUT2D eigenvalue weighted by Crippen LogP contribution is -1.97. The Morgan fingerprint density at radius 1 is 1.24 bits per heavy atom. The molecule has 0 aliphatic heterocycles. The first-order valence-corrected chi connectivity index (χ1v) is 6.05. The number of aryl methyl sites for hydroxylation is 1. The number of hydrogen-bond donors (Lipinski definition) is 1. The summed E-state index contributed by atoms with van der Waals surface area (Å²) in [6.07, 6.45) is 2.18. The molecule has 0 bridgehead atoms. The van der Waals surface area contributed by atoms with Crippen molar-refractivity contribution < 1.29 is 5.11 Å². The number of rotatable bonds is 1. The summed E-state index contributed by atoms with van der Waals surface area (Å²) in [5.41, 5.74) is 5.12. The SMILES string of the molecule is Cc1cccc2c1CCC2c1[c]cccc1O. The minimum Gasteiger partial charge on any atom is -0.508 e. The van der Waals surface area contributed by atoms with Gasteiger partial charge >= 0.3 is 0 Å². The van der Waals surface area contributed by atoms with Gasteiger partial charge in [0.2, 0.25) is 0 Å². The Labute approximate surface area is 102 Å². The minimum absolute atomic E-state index is 0.311. The lowest BCUT2D eigenvalue weighted by Gasteiger charge is -2.13. The van der Waals surface area contributed by atoms with Gasteiger partial charge in [-0.25, -0.2) is 0 Å². The van der Waals surface area contributed by atoms with Crippen LogP contribution in [-0.2, 0) is 6.42 Å². The summed E-state index contributed by atoms with van der Waals surface area (Å²) in [6.45, 7) is 2.16. The number of fused-ring (bicyclic) bond motifs is 1. The average Bonchev–Trinajstić information content (AvgIpc) is 2.75. The van der Waals surface area contributed by atoms with E-state index in [9.17, 15) is 5.11 Å². The van der Waals surface area contributed by atoms with Crippen LogP contribution in [0.5, 0.6) is 5.75 Å². The molecule has 0 saturated carbocycles. The van der Waals surface area contributed by atoms with E-state index in [4.69, 9.17) is 0 Å². The van der Waals surface area contributed by atoms with Gasteiger partial charge in [0, 0.05) is 11.5 Å². The smallest absolute Gasteiger partial charge is 0.120 e. The van der Waals surface area contributed by atoms with Crippen molar-refractivity contribution in [1.82, 2.24) is 0 Å². The van der Waals surface area contributed by atoms with Crippen LogP contribution in [0.1, 0.15) is 34.6 Å². The molecule has 1 radical (unpaired) electrons. The molecular weight excluding hydrogens is 208 g/mol. The Hall–Kier alpha value is -1.76. The number of aromatic hydroxyl groups is 1. The standard InChI is InChI=1S/C16H15O/c1-11-5-4-7-13-12(11)9-10-14(13)15-6-2-3-8-16(15)17/h2-5,7-8,14,17H,9-10H2,1H3. The highest BCUT2D eigenvalue weighted by Gasteiger charge is 2.26. The third-order valence-electron chi connectivity index (χ3n) is 3.72. The van der Waals surface area contributed by atoms with E-state index in [1.165, 1.54) is 16.7 Å². The second-order valence-corrected chi connectivity index (χ2v) is 4.70. The molecule has 0 heterocycles. The molecule has 0 spiro atoms. The lowest BCUT2D eigenvalue weighted by atomic mass is 9.91. The fraction of sp³-hybridized carbons (Fsp3) is 0.250. The Balaban J connectivity index is 2.11. The van der Waals surface area contributed by atoms with Crippen molar-refractivity contribution in [3.8, 4) is 5.75 Å². The topological polar surface area (TPSA) is 20.2 Å². The maximum absolute atomic E-state index is 9.93. The first-order valence-electron chi connectivity index (χ1n) is 6.05. The van der Waals surface area contributed by atoms with Crippen molar-refractivity contribution in [2.24, 2.45) is 0 Å². The van der Waals surface area contributed by atoms with E-state index in [0.29, 0.717) is 11.7 Å². The molecule has 3 rings (SSSR count). The van der Waals surface area contributed by atoms with Gasteiger partial charge in [0.25, 0.3) is 0 Å². The van der Waals surface area contributed by atoms with E-state index in [0.717, 1.165) is 18.4 Å². The second kappa shape index (κ2) is 3.92. The van der Waals surface area contributed by atoms with Gasteiger partial charge in [0.1, 0.15) is 5.75 Å². The van der Waals surface area contributed by atoms with Crippen LogP contribution in [0, 0.1) is 13.0 Å². The lowest BCUT2D eigenvalue weighted by molar-refractivity contribution is 0.464. The Kier molecular flexibility index (Phi) is 2.40. The Morgan fingerprint density at radius 3 is 2.94 bits per heavy atom. The van der Waals surface area contributed by atoms with Gasteiger partial charge in [0.05, 0.1) is 0 Å². The molecule has 2 aromatic rings. The molecule has 1 nitrogen and oxygen atoms in total. The molecule has 0 aromatic heterocycles. The molecule has 0 saturated heterocycles. The summed E-state index contributed by atoms with van der Waals surface area (Å²) in [5, 5.41) is 9.93. The number of phenols is 1. The largest absolute Gasteiger partial charge is 0.508 e. The third kappa shape index (κ3) is 1.62. The van der Waals surface area contributed by atoms with Crippen LogP contribution in [0.3, 0.4) is 0 Å². The first-order chi connectivity index (χ1) is 8.27. The Morgan fingerprint density at radius 2 is 2.12 bits per heavy atom. The normalized spacial score (nSPS) is 18.1. The van der Waals surface area contributed by atoms with Gasteiger partial charge in [-0.15, -0.1) is 0 Å². The van der Waals surface area contributed by atoms with E-state index in [1.807, 2.05) is 12.1 Å². The highest BCUT2D eigenvalue weighted by molar-refractivity contribution is 5.48. The van der Waals surface area contributed by atoms with Crippen LogP contribution in [0.15, 0.2) is 36.4 Å². The Bertz CT molecular complexity index is 557. The minimum atomic E-state index is 0.311. The van der Waals surface area contributed by atoms with Gasteiger partial charge < -0.3 is 5.11 Å². The average molecular weight is 223 g/mol. The first kappa shape index (κ1) is 10.4. The van der Waals surface area contributed by atoms with Gasteiger partial charge in [-0.2, -0.15) is 0 Å². The zero-order chi connectivity index (χ0) is 11.8. The van der Waals surface area contributed by atoms with E-state index < -0.39 is 0 Å². The zero-order valence-electron chi connectivity index (χ0n) is 9.90. The van der Waals surface area contributed by atoms with Crippen LogP contribution in [0.2, 0.25) is 0 Å². The molecule has 1 heteroatoms. The van der Waals surface area contributed by atoms with Gasteiger partial charge in [-0.3, -0.25) is 0 Å². The van der Waals surface area contributed by atoms with Crippen molar-refractivity contribution in [1.29, 1.82) is 0 Å². The van der Waals surface area contributed by atoms with E-state index in [2.05, 4.69) is 31.2 Å². The number of phenolic OH excluding ortho intramolecular Hbond substituents is 1. The van der Waals surface area contributed by atoms with E-state index in [-0.39, 0.29) is 0 Å². The summed E-state index contributed by atoms with van der Waals surface area (Å²) in [7, 11) is 0. The van der Waals surface area contributed by atoms with Crippen LogP contribution < -0.4 is 0 Å². The summed E-state index contributed by atoms with van der Waals surface area (Å²) in [4.78, 5) is 0. The molecule has 1 N–H and O–H groups in total. The summed E-state index contributed by atoms with van der Waals surface area (Å²) < 4.78 is 0. The molecule has 1 atom stereocenters. The van der Waals surface area contributed by atoms with Crippen molar-refractivity contribution >= 4 is 0 Å². The monoisotopic (exact) mass is 223 g/mol. The van der Waals surface area contributed by atoms with Gasteiger partial charge in [0.15, 0.2) is 0 Å². The molecule has 2 aromatic carbocycles. The zero-order valence-corrected chi connectivity index (χ0v) is 9.90. The summed E-state index contributed by atoms with van der Waals surface area (Å²) in [5.74, 6) is 0.679. The maximum Gasteiger partial charge on any atom is 0.120 e. The van der Waals surface area contributed by atoms with Crippen LogP contribution in [-0.4, -0.2) is 5.11 Å². The third-order valence-corrected chi connectivity index (χ3v) is 3.72. The van der Waals surface area contributed by atoms with E-state index in [1.54, 1.807) is 6.07 Å². The number of benzene rings is 2. The van der Waals surface area contributed by atoms with Gasteiger partial charge in [-0.1, -0.05) is 30.3 Å². The van der Waals surface area contributed by atoms with E-state index >= 15 is 0 Å². The summed E-state index contributed by atoms with van der Waals surface area (Å²) in [6, 6.07) is 15.1. The maximum atomic E-state index is 9.93. The van der Waals surface area contributed by atoms with Crippen LogP contribution in [0.25, 0.3) is 0 Å². The molecule has 1 aliphatic carbocycles. The summed E-state index contributed by atoms with van der Waals surface area (Å²) >= 11 is 0. The van der Waals surface area contributed by atoms with Gasteiger partial charge in [-0.05, 0) is 48.6 Å². The number of hydrogen-bond acceptors (Lipinski definition) is 1. The molecule has 0 fully saturated rings. The van der Waals surface area contributed by atoms with Crippen LogP contribution >= 0.6 is 0 Å². The molecule has 1 aliphatic rings. The molecule has 1 unspecified atom stereocenters. The second-order valence-electron chi connectivity index (χ2n) is 4.70. The predicted molar refractivity (Wildman–Crippen MR) is 68.3 cm³/mol. The highest BCUT2D eigenvalue weighted by Crippen LogP contribution is 2.41. The fourth-order valence-electron chi connectivity index (χ4n) is 2.86.